The van der Waals surface area contributed by atoms with Gasteiger partial charge in [-0.15, -0.1) is 0 Å². The molecule has 21 heavy (non-hydrogen) atoms. The Morgan fingerprint density at radius 2 is 2.05 bits per heavy atom. The minimum absolute atomic E-state index is 0.00210. The molecule has 0 amide bonds. The quantitative estimate of drug-likeness (QED) is 0.842. The van der Waals surface area contributed by atoms with E-state index in [0.29, 0.717) is 18.4 Å². The van der Waals surface area contributed by atoms with Gasteiger partial charge in [0.25, 0.3) is 0 Å². The maximum Gasteiger partial charge on any atom is 0.240 e. The second kappa shape index (κ2) is 7.24. The molecule has 0 spiro atoms. The van der Waals surface area contributed by atoms with Crippen LogP contribution < -0.4 is 14.8 Å². The molecule has 2 N–H and O–H groups in total. The van der Waals surface area contributed by atoms with Crippen molar-refractivity contribution in [1.82, 2.24) is 10.0 Å². The molecule has 2 atom stereocenters. The first-order valence-electron chi connectivity index (χ1n) is 7.50. The van der Waals surface area contributed by atoms with E-state index in [-0.39, 0.29) is 10.9 Å². The summed E-state index contributed by atoms with van der Waals surface area (Å²) in [6.45, 7) is 5.58. The fraction of sp³-hybridized carbons (Fsp3) is 0.600. The molecule has 0 aromatic heterocycles. The van der Waals surface area contributed by atoms with Gasteiger partial charge in [-0.05, 0) is 57.0 Å². The Bertz CT molecular complexity index is 543. The second-order valence-corrected chi connectivity index (χ2v) is 7.23. The summed E-state index contributed by atoms with van der Waals surface area (Å²) in [7, 11) is -3.45. The smallest absolute Gasteiger partial charge is 0.240 e. The fourth-order valence-electron chi connectivity index (χ4n) is 2.46. The topological polar surface area (TPSA) is 67.4 Å². The third kappa shape index (κ3) is 4.69. The molecule has 0 saturated carbocycles. The Kier molecular flexibility index (Phi) is 5.61. The lowest BCUT2D eigenvalue weighted by molar-refractivity contribution is 0.317. The van der Waals surface area contributed by atoms with E-state index in [1.54, 1.807) is 24.3 Å². The lowest BCUT2D eigenvalue weighted by atomic mass is 10.0. The Labute approximate surface area is 127 Å². The summed E-state index contributed by atoms with van der Waals surface area (Å²) < 4.78 is 33.0. The normalized spacial score (nSPS) is 23.0. The van der Waals surface area contributed by atoms with Crippen LogP contribution >= 0.6 is 0 Å². The molecule has 1 aromatic carbocycles. The van der Waals surface area contributed by atoms with Gasteiger partial charge in [0.1, 0.15) is 5.75 Å². The van der Waals surface area contributed by atoms with Gasteiger partial charge in [0, 0.05) is 12.1 Å². The molecule has 2 rings (SSSR count). The Balaban J connectivity index is 2.01. The van der Waals surface area contributed by atoms with E-state index in [0.717, 1.165) is 25.8 Å². The zero-order chi connectivity index (χ0) is 15.3. The molecule has 6 heteroatoms. The monoisotopic (exact) mass is 312 g/mol. The lowest BCUT2D eigenvalue weighted by Crippen LogP contribution is -2.46. The first-order chi connectivity index (χ1) is 10.0. The van der Waals surface area contributed by atoms with E-state index in [1.807, 2.05) is 6.92 Å². The molecule has 1 saturated heterocycles. The van der Waals surface area contributed by atoms with Gasteiger partial charge in [0.15, 0.2) is 0 Å². The van der Waals surface area contributed by atoms with Crippen LogP contribution in [0.1, 0.15) is 33.1 Å². The van der Waals surface area contributed by atoms with Crippen LogP contribution in [0.4, 0.5) is 0 Å². The van der Waals surface area contributed by atoms with Gasteiger partial charge in [-0.3, -0.25) is 0 Å². The van der Waals surface area contributed by atoms with Gasteiger partial charge in [-0.25, -0.2) is 13.1 Å². The van der Waals surface area contributed by atoms with E-state index in [1.165, 1.54) is 0 Å². The maximum absolute atomic E-state index is 12.4. The van der Waals surface area contributed by atoms with Crippen molar-refractivity contribution >= 4 is 10.0 Å². The number of sulfonamides is 1. The third-order valence-electron chi connectivity index (χ3n) is 3.55. The highest BCUT2D eigenvalue weighted by Gasteiger charge is 2.24. The largest absolute Gasteiger partial charge is 0.494 e. The summed E-state index contributed by atoms with van der Waals surface area (Å²) in [5, 5.41) is 3.31. The van der Waals surface area contributed by atoms with Crippen LogP contribution in [0.2, 0.25) is 0 Å². The molecule has 1 aromatic rings. The average Bonchev–Trinajstić information content (AvgIpc) is 2.45. The Morgan fingerprint density at radius 1 is 1.33 bits per heavy atom. The Morgan fingerprint density at radius 3 is 2.67 bits per heavy atom. The van der Waals surface area contributed by atoms with Crippen LogP contribution in [0.3, 0.4) is 0 Å². The minimum atomic E-state index is -3.45. The molecule has 1 heterocycles. The van der Waals surface area contributed by atoms with Crippen LogP contribution in [-0.4, -0.2) is 33.7 Å². The van der Waals surface area contributed by atoms with E-state index >= 15 is 0 Å². The number of rotatable bonds is 6. The van der Waals surface area contributed by atoms with E-state index in [4.69, 9.17) is 4.74 Å². The molecule has 0 radical (unpaired) electrons. The zero-order valence-corrected chi connectivity index (χ0v) is 13.4. The van der Waals surface area contributed by atoms with E-state index in [9.17, 15) is 8.42 Å². The number of nitrogens with one attached hydrogen (secondary N) is 2. The summed E-state index contributed by atoms with van der Waals surface area (Å²) in [5.74, 6) is 0.700. The molecule has 1 aliphatic rings. The van der Waals surface area contributed by atoms with Gasteiger partial charge < -0.3 is 10.1 Å². The van der Waals surface area contributed by atoms with Crippen molar-refractivity contribution in [3.05, 3.63) is 24.3 Å². The highest BCUT2D eigenvalue weighted by atomic mass is 32.2. The number of hydrogen-bond acceptors (Lipinski definition) is 4. The molecule has 0 aliphatic carbocycles. The van der Waals surface area contributed by atoms with Gasteiger partial charge in [0.2, 0.25) is 10.0 Å². The van der Waals surface area contributed by atoms with Crippen molar-refractivity contribution in [1.29, 1.82) is 0 Å². The van der Waals surface area contributed by atoms with Crippen molar-refractivity contribution in [2.24, 2.45) is 0 Å². The van der Waals surface area contributed by atoms with E-state index < -0.39 is 10.0 Å². The SMILES string of the molecule is CCCOc1ccc(S(=O)(=O)NC2CCNC(C)C2)cc1. The van der Waals surface area contributed by atoms with Crippen LogP contribution in [0.25, 0.3) is 0 Å². The standard InChI is InChI=1S/C15H24N2O3S/c1-3-10-20-14-4-6-15(7-5-14)21(18,19)17-13-8-9-16-12(2)11-13/h4-7,12-13,16-17H,3,8-11H2,1-2H3. The van der Waals surface area contributed by atoms with E-state index in [2.05, 4.69) is 17.0 Å². The average molecular weight is 312 g/mol. The molecule has 2 unspecified atom stereocenters. The number of benzene rings is 1. The highest BCUT2D eigenvalue weighted by molar-refractivity contribution is 7.89. The molecule has 118 valence electrons. The summed E-state index contributed by atoms with van der Waals surface area (Å²) >= 11 is 0. The number of ether oxygens (including phenoxy) is 1. The summed E-state index contributed by atoms with van der Waals surface area (Å²) in [5.41, 5.74) is 0. The van der Waals surface area contributed by atoms with Crippen LogP contribution in [0.5, 0.6) is 5.75 Å². The van der Waals surface area contributed by atoms with Gasteiger partial charge in [0.05, 0.1) is 11.5 Å². The van der Waals surface area contributed by atoms with Gasteiger partial charge in [-0.2, -0.15) is 0 Å². The predicted molar refractivity (Wildman–Crippen MR) is 83.0 cm³/mol. The van der Waals surface area contributed by atoms with Crippen LogP contribution in [0, 0.1) is 0 Å². The maximum atomic E-state index is 12.4. The van der Waals surface area contributed by atoms with Gasteiger partial charge in [-0.1, -0.05) is 6.92 Å². The van der Waals surface area contributed by atoms with Crippen LogP contribution in [-0.2, 0) is 10.0 Å². The van der Waals surface area contributed by atoms with Gasteiger partial charge >= 0.3 is 0 Å². The molecular formula is C15H24N2O3S. The molecule has 5 nitrogen and oxygen atoms in total. The Hall–Kier alpha value is -1.11. The molecule has 1 fully saturated rings. The minimum Gasteiger partial charge on any atom is -0.494 e. The highest BCUT2D eigenvalue weighted by Crippen LogP contribution is 2.18. The molecule has 0 bridgehead atoms. The lowest BCUT2D eigenvalue weighted by Gasteiger charge is -2.28. The van der Waals surface area contributed by atoms with Crippen molar-refractivity contribution < 1.29 is 13.2 Å². The first-order valence-corrected chi connectivity index (χ1v) is 8.98. The summed E-state index contributed by atoms with van der Waals surface area (Å²) in [4.78, 5) is 0.289. The van der Waals surface area contributed by atoms with Crippen molar-refractivity contribution in [2.45, 2.75) is 50.1 Å². The second-order valence-electron chi connectivity index (χ2n) is 5.52. The number of hydrogen-bond donors (Lipinski definition) is 2. The summed E-state index contributed by atoms with van der Waals surface area (Å²) in [6.07, 6.45) is 2.56. The van der Waals surface area contributed by atoms with Crippen LogP contribution in [0.15, 0.2) is 29.2 Å². The van der Waals surface area contributed by atoms with Crippen molar-refractivity contribution in [3.63, 3.8) is 0 Å². The predicted octanol–water partition coefficient (Wildman–Crippen LogP) is 1.89. The first kappa shape index (κ1) is 16.3. The third-order valence-corrected chi connectivity index (χ3v) is 5.09. The summed E-state index contributed by atoms with van der Waals surface area (Å²) in [6, 6.07) is 6.94. The number of piperidine rings is 1. The molecular weight excluding hydrogens is 288 g/mol. The fourth-order valence-corrected chi connectivity index (χ4v) is 3.74. The zero-order valence-electron chi connectivity index (χ0n) is 12.6. The molecule has 1 aliphatic heterocycles. The van der Waals surface area contributed by atoms with Crippen molar-refractivity contribution in [2.75, 3.05) is 13.2 Å². The van der Waals surface area contributed by atoms with Crippen molar-refractivity contribution in [3.8, 4) is 5.75 Å².